The Kier molecular flexibility index (Phi) is 3.43. The number of thiophene rings is 1. The summed E-state index contributed by atoms with van der Waals surface area (Å²) in [5, 5.41) is 5.22. The van der Waals surface area contributed by atoms with Gasteiger partial charge in [0.2, 0.25) is 0 Å². The first-order valence-corrected chi connectivity index (χ1v) is 6.61. The van der Waals surface area contributed by atoms with Crippen LogP contribution in [0.15, 0.2) is 15.2 Å². The molecule has 1 aromatic rings. The van der Waals surface area contributed by atoms with Gasteiger partial charge in [-0.15, -0.1) is 11.3 Å². The number of nitrogens with one attached hydrogen (secondary N) is 1. The highest BCUT2D eigenvalue weighted by Gasteiger charge is 2.21. The zero-order chi connectivity index (χ0) is 10.8. The molecule has 2 heterocycles. The molecule has 1 aromatic heterocycles. The Balaban J connectivity index is 2.07. The number of carbonyl (C=O) groups excluding carboxylic acids is 1. The Bertz CT molecular complexity index is 366. The molecule has 1 N–H and O–H groups in total. The Morgan fingerprint density at radius 3 is 3.13 bits per heavy atom. The van der Waals surface area contributed by atoms with Crippen molar-refractivity contribution in [1.82, 2.24) is 10.2 Å². The molecular weight excluding hydrogens is 276 g/mol. The van der Waals surface area contributed by atoms with E-state index in [0.29, 0.717) is 6.04 Å². The largest absolute Gasteiger partial charge is 0.336 e. The second kappa shape index (κ2) is 4.63. The van der Waals surface area contributed by atoms with Crippen molar-refractivity contribution in [3.05, 3.63) is 20.8 Å². The predicted molar refractivity (Wildman–Crippen MR) is 65.4 cm³/mol. The topological polar surface area (TPSA) is 32.3 Å². The van der Waals surface area contributed by atoms with Crippen LogP contribution in [0.25, 0.3) is 0 Å². The van der Waals surface area contributed by atoms with Gasteiger partial charge in [-0.3, -0.25) is 4.79 Å². The zero-order valence-electron chi connectivity index (χ0n) is 8.50. The molecular formula is C10H13BrN2OS. The van der Waals surface area contributed by atoms with E-state index in [4.69, 9.17) is 0 Å². The summed E-state index contributed by atoms with van der Waals surface area (Å²) in [7, 11) is 0. The normalized spacial score (nSPS) is 21.7. The van der Waals surface area contributed by atoms with E-state index in [1.807, 2.05) is 16.3 Å². The van der Waals surface area contributed by atoms with Gasteiger partial charge in [0, 0.05) is 31.1 Å². The van der Waals surface area contributed by atoms with Crippen molar-refractivity contribution in [2.75, 3.05) is 19.6 Å². The first-order chi connectivity index (χ1) is 7.16. The number of amides is 1. The maximum absolute atomic E-state index is 12.0. The van der Waals surface area contributed by atoms with Crippen molar-refractivity contribution in [2.45, 2.75) is 13.0 Å². The lowest BCUT2D eigenvalue weighted by Crippen LogP contribution is -2.51. The summed E-state index contributed by atoms with van der Waals surface area (Å²) in [5.74, 6) is 0.144. The van der Waals surface area contributed by atoms with Gasteiger partial charge in [0.15, 0.2) is 0 Å². The van der Waals surface area contributed by atoms with Gasteiger partial charge < -0.3 is 10.2 Å². The van der Waals surface area contributed by atoms with Crippen LogP contribution in [0.5, 0.6) is 0 Å². The average molecular weight is 289 g/mol. The molecule has 0 saturated carbocycles. The first kappa shape index (κ1) is 11.1. The van der Waals surface area contributed by atoms with E-state index < -0.39 is 0 Å². The first-order valence-electron chi connectivity index (χ1n) is 4.93. The summed E-state index contributed by atoms with van der Waals surface area (Å²) in [6.07, 6.45) is 0. The monoisotopic (exact) mass is 288 g/mol. The molecule has 1 fully saturated rings. The van der Waals surface area contributed by atoms with E-state index >= 15 is 0 Å². The molecule has 0 aliphatic carbocycles. The smallest absolute Gasteiger partial charge is 0.254 e. The maximum Gasteiger partial charge on any atom is 0.254 e. The lowest BCUT2D eigenvalue weighted by molar-refractivity contribution is 0.0709. The van der Waals surface area contributed by atoms with Crippen LogP contribution in [0.1, 0.15) is 17.3 Å². The van der Waals surface area contributed by atoms with E-state index in [1.54, 1.807) is 11.3 Å². The number of halogens is 1. The molecule has 3 nitrogen and oxygen atoms in total. The Morgan fingerprint density at radius 1 is 1.73 bits per heavy atom. The van der Waals surface area contributed by atoms with Crippen LogP contribution >= 0.6 is 27.3 Å². The molecule has 0 unspecified atom stereocenters. The SMILES string of the molecule is C[C@@H]1CN(C(=O)c2csc(Br)c2)CCN1. The summed E-state index contributed by atoms with van der Waals surface area (Å²) in [6.45, 7) is 4.59. The lowest BCUT2D eigenvalue weighted by atomic mass is 10.2. The van der Waals surface area contributed by atoms with E-state index in [-0.39, 0.29) is 5.91 Å². The number of rotatable bonds is 1. The van der Waals surface area contributed by atoms with Gasteiger partial charge in [-0.05, 0) is 28.9 Å². The van der Waals surface area contributed by atoms with Crippen LogP contribution in [0, 0.1) is 0 Å². The summed E-state index contributed by atoms with van der Waals surface area (Å²) < 4.78 is 1.01. The van der Waals surface area contributed by atoms with Gasteiger partial charge in [0.1, 0.15) is 0 Å². The van der Waals surface area contributed by atoms with Crippen molar-refractivity contribution in [1.29, 1.82) is 0 Å². The minimum Gasteiger partial charge on any atom is -0.336 e. The zero-order valence-corrected chi connectivity index (χ0v) is 10.9. The van der Waals surface area contributed by atoms with Gasteiger partial charge in [0.05, 0.1) is 9.35 Å². The molecule has 82 valence electrons. The molecule has 15 heavy (non-hydrogen) atoms. The molecule has 1 aliphatic rings. The maximum atomic E-state index is 12.0. The Labute approximate surface area is 102 Å². The fraction of sp³-hybridized carbons (Fsp3) is 0.500. The second-order valence-corrected chi connectivity index (χ2v) is 6.04. The van der Waals surface area contributed by atoms with Crippen molar-refractivity contribution in [3.63, 3.8) is 0 Å². The van der Waals surface area contributed by atoms with Crippen molar-refractivity contribution in [2.24, 2.45) is 0 Å². The van der Waals surface area contributed by atoms with Crippen LogP contribution in [0.4, 0.5) is 0 Å². The van der Waals surface area contributed by atoms with Gasteiger partial charge >= 0.3 is 0 Å². The van der Waals surface area contributed by atoms with Gasteiger partial charge in [-0.1, -0.05) is 0 Å². The Morgan fingerprint density at radius 2 is 2.53 bits per heavy atom. The molecule has 5 heteroatoms. The standard InChI is InChI=1S/C10H13BrN2OS/c1-7-5-13(3-2-12-7)10(14)8-4-9(11)15-6-8/h4,6-7,12H,2-3,5H2,1H3/t7-/m1/s1. The van der Waals surface area contributed by atoms with Crippen molar-refractivity contribution < 1.29 is 4.79 Å². The summed E-state index contributed by atoms with van der Waals surface area (Å²) >= 11 is 4.92. The molecule has 2 rings (SSSR count). The third kappa shape index (κ3) is 2.59. The molecule has 1 amide bonds. The molecule has 1 aliphatic heterocycles. The number of piperazine rings is 1. The van der Waals surface area contributed by atoms with Crippen molar-refractivity contribution >= 4 is 33.2 Å². The third-order valence-corrected chi connectivity index (χ3v) is 3.97. The molecule has 0 bridgehead atoms. The van der Waals surface area contributed by atoms with Crippen LogP contribution in [-0.4, -0.2) is 36.5 Å². The second-order valence-electron chi connectivity index (χ2n) is 3.75. The molecule has 1 saturated heterocycles. The number of hydrogen-bond acceptors (Lipinski definition) is 3. The average Bonchev–Trinajstić information content (AvgIpc) is 2.64. The quantitative estimate of drug-likeness (QED) is 0.857. The summed E-state index contributed by atoms with van der Waals surface area (Å²) in [5.41, 5.74) is 0.793. The highest BCUT2D eigenvalue weighted by atomic mass is 79.9. The summed E-state index contributed by atoms with van der Waals surface area (Å²) in [4.78, 5) is 14.0. The highest BCUT2D eigenvalue weighted by Crippen LogP contribution is 2.22. The van der Waals surface area contributed by atoms with E-state index in [2.05, 4.69) is 28.2 Å². The molecule has 0 radical (unpaired) electrons. The van der Waals surface area contributed by atoms with Crippen molar-refractivity contribution in [3.8, 4) is 0 Å². The van der Waals surface area contributed by atoms with Crippen LogP contribution in [0.2, 0.25) is 0 Å². The van der Waals surface area contributed by atoms with E-state index in [9.17, 15) is 4.79 Å². The minimum atomic E-state index is 0.144. The Hall–Kier alpha value is -0.390. The number of carbonyl (C=O) groups is 1. The molecule has 0 aromatic carbocycles. The van der Waals surface area contributed by atoms with Gasteiger partial charge in [-0.25, -0.2) is 0 Å². The minimum absolute atomic E-state index is 0.144. The summed E-state index contributed by atoms with van der Waals surface area (Å²) in [6, 6.07) is 2.28. The molecule has 0 spiro atoms. The van der Waals surface area contributed by atoms with Gasteiger partial charge in [-0.2, -0.15) is 0 Å². The van der Waals surface area contributed by atoms with E-state index in [0.717, 1.165) is 29.0 Å². The number of hydrogen-bond donors (Lipinski definition) is 1. The van der Waals surface area contributed by atoms with Crippen LogP contribution < -0.4 is 5.32 Å². The molecule has 1 atom stereocenters. The van der Waals surface area contributed by atoms with Crippen LogP contribution in [-0.2, 0) is 0 Å². The fourth-order valence-corrected chi connectivity index (χ4v) is 2.85. The van der Waals surface area contributed by atoms with E-state index in [1.165, 1.54) is 0 Å². The third-order valence-electron chi connectivity index (χ3n) is 2.47. The predicted octanol–water partition coefficient (Wildman–Crippen LogP) is 1.94. The lowest BCUT2D eigenvalue weighted by Gasteiger charge is -2.31. The van der Waals surface area contributed by atoms with Crippen LogP contribution in [0.3, 0.4) is 0 Å². The fourth-order valence-electron chi connectivity index (χ4n) is 1.72. The highest BCUT2D eigenvalue weighted by molar-refractivity contribution is 9.11. The van der Waals surface area contributed by atoms with Gasteiger partial charge in [0.25, 0.3) is 5.91 Å². The number of nitrogens with zero attached hydrogens (tertiary/aromatic N) is 1.